The molecule has 12 unspecified atom stereocenters. The maximum atomic E-state index is 12.5. The molecular weight excluding hydrogens is 444 g/mol. The average molecular weight is 495 g/mol. The standard InChI is InChI=1S/C29H50O6/c1-6-7-26(34-5)35-25(33)11-8-17(2)20-9-10-21-27-22(16-24(32)29(20,21)4)28(3)13-12-19(30)14-18(28)15-23(27)31/h17-24,26-27,30-32H,6-16H2,1-5H3. The third-order valence-corrected chi connectivity index (χ3v) is 11.4. The molecule has 0 aromatic carbocycles. The zero-order valence-corrected chi connectivity index (χ0v) is 22.6. The number of aliphatic hydroxyl groups is 3. The molecule has 0 aromatic heterocycles. The number of carbonyl (C=O) groups excluding carboxylic acids is 1. The molecule has 12 atom stereocenters. The minimum Gasteiger partial charge on any atom is -0.436 e. The Hall–Kier alpha value is -0.690. The number of methoxy groups -OCH3 is 1. The fraction of sp³-hybridized carbons (Fsp3) is 0.966. The summed E-state index contributed by atoms with van der Waals surface area (Å²) >= 11 is 0. The smallest absolute Gasteiger partial charge is 0.308 e. The highest BCUT2D eigenvalue weighted by Gasteiger charge is 2.65. The van der Waals surface area contributed by atoms with Gasteiger partial charge >= 0.3 is 5.97 Å². The molecular formula is C29H50O6. The van der Waals surface area contributed by atoms with Crippen LogP contribution in [-0.2, 0) is 14.3 Å². The minimum absolute atomic E-state index is 0.0925. The second-order valence-electron chi connectivity index (χ2n) is 13.0. The number of rotatable bonds is 8. The first kappa shape index (κ1) is 27.3. The highest BCUT2D eigenvalue weighted by atomic mass is 16.7. The normalized spacial score (nSPS) is 46.7. The van der Waals surface area contributed by atoms with E-state index in [1.807, 2.05) is 6.92 Å². The summed E-state index contributed by atoms with van der Waals surface area (Å²) in [6.07, 6.45) is 7.47. The maximum Gasteiger partial charge on any atom is 0.308 e. The van der Waals surface area contributed by atoms with Crippen LogP contribution < -0.4 is 0 Å². The van der Waals surface area contributed by atoms with Crippen molar-refractivity contribution in [1.82, 2.24) is 0 Å². The summed E-state index contributed by atoms with van der Waals surface area (Å²) in [5.41, 5.74) is -0.143. The van der Waals surface area contributed by atoms with Gasteiger partial charge in [-0.25, -0.2) is 0 Å². The van der Waals surface area contributed by atoms with E-state index in [9.17, 15) is 20.1 Å². The molecule has 35 heavy (non-hydrogen) atoms. The van der Waals surface area contributed by atoms with E-state index in [4.69, 9.17) is 9.47 Å². The molecule has 0 saturated heterocycles. The molecule has 3 N–H and O–H groups in total. The van der Waals surface area contributed by atoms with Gasteiger partial charge in [-0.3, -0.25) is 4.79 Å². The van der Waals surface area contributed by atoms with Gasteiger partial charge in [0.15, 0.2) is 0 Å². The average Bonchev–Trinajstić information content (AvgIpc) is 3.17. The van der Waals surface area contributed by atoms with Crippen LogP contribution in [0.15, 0.2) is 0 Å². The van der Waals surface area contributed by atoms with Crippen LogP contribution in [0.25, 0.3) is 0 Å². The molecule has 0 heterocycles. The van der Waals surface area contributed by atoms with E-state index in [0.717, 1.165) is 57.8 Å². The number of esters is 1. The Morgan fingerprint density at radius 2 is 1.77 bits per heavy atom. The van der Waals surface area contributed by atoms with Crippen LogP contribution in [-0.4, -0.2) is 53.0 Å². The van der Waals surface area contributed by atoms with Crippen LogP contribution in [0.4, 0.5) is 0 Å². The zero-order valence-electron chi connectivity index (χ0n) is 22.6. The predicted molar refractivity (Wildman–Crippen MR) is 134 cm³/mol. The quantitative estimate of drug-likeness (QED) is 0.335. The summed E-state index contributed by atoms with van der Waals surface area (Å²) in [5.74, 6) is 1.59. The van der Waals surface area contributed by atoms with Gasteiger partial charge in [-0.15, -0.1) is 0 Å². The van der Waals surface area contributed by atoms with Gasteiger partial charge in [-0.2, -0.15) is 0 Å². The Labute approximate surface area is 212 Å². The van der Waals surface area contributed by atoms with Gasteiger partial charge in [-0.1, -0.05) is 34.1 Å². The number of carbonyl (C=O) groups is 1. The van der Waals surface area contributed by atoms with E-state index < -0.39 is 12.4 Å². The molecule has 6 heteroatoms. The number of hydrogen-bond donors (Lipinski definition) is 3. The SMILES string of the molecule is CCCC(OC)OC(=O)CCC(C)C1CCC2C3C(O)CC4CC(O)CCC4(C)C3CC(O)C12C. The van der Waals surface area contributed by atoms with Crippen molar-refractivity contribution in [3.8, 4) is 0 Å². The second-order valence-corrected chi connectivity index (χ2v) is 13.0. The first-order chi connectivity index (χ1) is 16.6. The van der Waals surface area contributed by atoms with Crippen molar-refractivity contribution in [2.24, 2.45) is 46.3 Å². The molecule has 0 aromatic rings. The van der Waals surface area contributed by atoms with Crippen molar-refractivity contribution in [1.29, 1.82) is 0 Å². The van der Waals surface area contributed by atoms with Crippen molar-refractivity contribution in [3.05, 3.63) is 0 Å². The van der Waals surface area contributed by atoms with Crippen molar-refractivity contribution < 1.29 is 29.6 Å². The molecule has 0 radical (unpaired) electrons. The van der Waals surface area contributed by atoms with Crippen LogP contribution in [0, 0.1) is 46.3 Å². The molecule has 202 valence electrons. The molecule has 4 rings (SSSR count). The molecule has 0 spiro atoms. The third kappa shape index (κ3) is 4.82. The first-order valence-corrected chi connectivity index (χ1v) is 14.3. The van der Waals surface area contributed by atoms with Gasteiger partial charge in [0.1, 0.15) is 0 Å². The van der Waals surface area contributed by atoms with Gasteiger partial charge in [0.25, 0.3) is 0 Å². The van der Waals surface area contributed by atoms with Crippen molar-refractivity contribution in [3.63, 3.8) is 0 Å². The molecule has 0 aliphatic heterocycles. The van der Waals surface area contributed by atoms with Crippen LogP contribution in [0.1, 0.15) is 98.3 Å². The van der Waals surface area contributed by atoms with Crippen molar-refractivity contribution in [2.75, 3.05) is 7.11 Å². The number of fused-ring (bicyclic) bond motifs is 5. The van der Waals surface area contributed by atoms with Gasteiger partial charge in [0, 0.05) is 20.0 Å². The highest BCUT2D eigenvalue weighted by molar-refractivity contribution is 5.69. The second kappa shape index (κ2) is 10.6. The lowest BCUT2D eigenvalue weighted by molar-refractivity contribution is -0.207. The van der Waals surface area contributed by atoms with E-state index in [2.05, 4.69) is 20.8 Å². The Kier molecular flexibility index (Phi) is 8.27. The highest BCUT2D eigenvalue weighted by Crippen LogP contribution is 2.68. The molecule has 4 aliphatic carbocycles. The summed E-state index contributed by atoms with van der Waals surface area (Å²) < 4.78 is 10.8. The third-order valence-electron chi connectivity index (χ3n) is 11.4. The zero-order chi connectivity index (χ0) is 25.5. The fourth-order valence-corrected chi connectivity index (χ4v) is 9.34. The van der Waals surface area contributed by atoms with Gasteiger partial charge in [-0.05, 0) is 97.7 Å². The Balaban J connectivity index is 1.45. The van der Waals surface area contributed by atoms with E-state index in [0.29, 0.717) is 42.4 Å². The lowest BCUT2D eigenvalue weighted by atomic mass is 9.43. The first-order valence-electron chi connectivity index (χ1n) is 14.3. The van der Waals surface area contributed by atoms with Gasteiger partial charge in [0.2, 0.25) is 6.29 Å². The molecule has 0 bridgehead atoms. The topological polar surface area (TPSA) is 96.2 Å². The van der Waals surface area contributed by atoms with Gasteiger partial charge in [0.05, 0.1) is 18.3 Å². The van der Waals surface area contributed by atoms with Crippen LogP contribution in [0.2, 0.25) is 0 Å². The summed E-state index contributed by atoms with van der Waals surface area (Å²) in [6.45, 7) is 8.90. The van der Waals surface area contributed by atoms with Crippen LogP contribution >= 0.6 is 0 Å². The van der Waals surface area contributed by atoms with Crippen molar-refractivity contribution in [2.45, 2.75) is 123 Å². The lowest BCUT2D eigenvalue weighted by Gasteiger charge is -2.63. The van der Waals surface area contributed by atoms with Crippen molar-refractivity contribution >= 4 is 5.97 Å². The summed E-state index contributed by atoms with van der Waals surface area (Å²) in [5, 5.41) is 33.4. The predicted octanol–water partition coefficient (Wildman–Crippen LogP) is 4.68. The van der Waals surface area contributed by atoms with Crippen LogP contribution in [0.3, 0.4) is 0 Å². The molecule has 4 aliphatic rings. The van der Waals surface area contributed by atoms with E-state index in [-0.39, 0.29) is 34.9 Å². The maximum absolute atomic E-state index is 12.5. The van der Waals surface area contributed by atoms with E-state index in [1.165, 1.54) is 0 Å². The summed E-state index contributed by atoms with van der Waals surface area (Å²) in [6, 6.07) is 0. The molecule has 4 saturated carbocycles. The molecule has 4 fully saturated rings. The Bertz CT molecular complexity index is 743. The largest absolute Gasteiger partial charge is 0.436 e. The Morgan fingerprint density at radius 1 is 1.03 bits per heavy atom. The van der Waals surface area contributed by atoms with Gasteiger partial charge < -0.3 is 24.8 Å². The summed E-state index contributed by atoms with van der Waals surface area (Å²) in [4.78, 5) is 12.5. The van der Waals surface area contributed by atoms with E-state index >= 15 is 0 Å². The number of hydrogen-bond acceptors (Lipinski definition) is 6. The number of ether oxygens (including phenoxy) is 2. The minimum atomic E-state index is -0.466. The monoisotopic (exact) mass is 494 g/mol. The Morgan fingerprint density at radius 3 is 2.46 bits per heavy atom. The van der Waals surface area contributed by atoms with E-state index in [1.54, 1.807) is 7.11 Å². The molecule has 0 amide bonds. The lowest BCUT2D eigenvalue weighted by Crippen LogP contribution is -2.62. The van der Waals surface area contributed by atoms with Crippen LogP contribution in [0.5, 0.6) is 0 Å². The number of aliphatic hydroxyl groups excluding tert-OH is 3. The molecule has 6 nitrogen and oxygen atoms in total. The fourth-order valence-electron chi connectivity index (χ4n) is 9.34. The summed E-state index contributed by atoms with van der Waals surface area (Å²) in [7, 11) is 1.57.